The summed E-state index contributed by atoms with van der Waals surface area (Å²) < 4.78 is 19.6. The van der Waals surface area contributed by atoms with Gasteiger partial charge in [0.15, 0.2) is 0 Å². The molecule has 0 unspecified atom stereocenters. The lowest BCUT2D eigenvalue weighted by molar-refractivity contribution is 0.0918. The van der Waals surface area contributed by atoms with Gasteiger partial charge in [0, 0.05) is 35.8 Å². The highest BCUT2D eigenvalue weighted by Gasteiger charge is 2.25. The van der Waals surface area contributed by atoms with Crippen molar-refractivity contribution in [3.8, 4) is 22.5 Å². The number of carbonyl (C=O) groups excluding carboxylic acids is 2. The molecule has 0 atom stereocenters. The maximum Gasteiger partial charge on any atom is 0.255 e. The van der Waals surface area contributed by atoms with Gasteiger partial charge in [-0.15, -0.1) is 0 Å². The van der Waals surface area contributed by atoms with E-state index in [1.165, 1.54) is 19.2 Å². The predicted molar refractivity (Wildman–Crippen MR) is 140 cm³/mol. The van der Waals surface area contributed by atoms with E-state index in [2.05, 4.69) is 20.9 Å². The van der Waals surface area contributed by atoms with Gasteiger partial charge in [-0.05, 0) is 75.7 Å². The van der Waals surface area contributed by atoms with Crippen LogP contribution in [0.2, 0.25) is 0 Å². The van der Waals surface area contributed by atoms with Crippen LogP contribution in [-0.2, 0) is 0 Å². The van der Waals surface area contributed by atoms with Gasteiger partial charge in [-0.1, -0.05) is 12.1 Å². The number of furan rings is 1. The molecule has 0 spiro atoms. The van der Waals surface area contributed by atoms with Crippen LogP contribution in [-0.4, -0.2) is 35.9 Å². The Morgan fingerprint density at radius 3 is 2.36 bits per heavy atom. The van der Waals surface area contributed by atoms with E-state index in [9.17, 15) is 14.0 Å². The third kappa shape index (κ3) is 5.07. The molecule has 186 valence electrons. The second kappa shape index (κ2) is 9.81. The highest BCUT2D eigenvalue weighted by molar-refractivity contribution is 6.11. The van der Waals surface area contributed by atoms with Crippen LogP contribution in [0.3, 0.4) is 0 Å². The number of nitrogens with one attached hydrogen (secondary N) is 3. The standard InChI is InChI=1S/C28H29FN4O3/c1-6-31-24-20(17-8-7-9-18(14-17)25(34)33-28(2,3)4)15-21-22(26(35)30-5)23(36-27(21)32-24)16-10-12-19(29)13-11-16/h7-15H,6H2,1-5H3,(H,30,35)(H,31,32)(H,33,34). The summed E-state index contributed by atoms with van der Waals surface area (Å²) in [6.07, 6.45) is 0. The Bertz CT molecular complexity index is 1440. The number of rotatable bonds is 6. The van der Waals surface area contributed by atoms with E-state index in [1.807, 2.05) is 45.9 Å². The van der Waals surface area contributed by atoms with Crippen LogP contribution >= 0.6 is 0 Å². The first-order chi connectivity index (χ1) is 17.1. The molecular formula is C28H29FN4O3. The largest absolute Gasteiger partial charge is 0.437 e. The van der Waals surface area contributed by atoms with Crippen molar-refractivity contribution in [2.75, 3.05) is 18.9 Å². The van der Waals surface area contributed by atoms with Crippen molar-refractivity contribution in [2.24, 2.45) is 0 Å². The fourth-order valence-electron chi connectivity index (χ4n) is 3.94. The molecule has 36 heavy (non-hydrogen) atoms. The second-order valence-corrected chi connectivity index (χ2v) is 9.44. The third-order valence-corrected chi connectivity index (χ3v) is 5.51. The number of hydrogen-bond donors (Lipinski definition) is 3. The lowest BCUT2D eigenvalue weighted by Crippen LogP contribution is -2.40. The Morgan fingerprint density at radius 2 is 1.72 bits per heavy atom. The van der Waals surface area contributed by atoms with Crippen LogP contribution in [0.25, 0.3) is 33.6 Å². The Hall–Kier alpha value is -4.20. The normalized spacial score (nSPS) is 11.4. The van der Waals surface area contributed by atoms with E-state index in [1.54, 1.807) is 24.3 Å². The van der Waals surface area contributed by atoms with Gasteiger partial charge in [-0.2, -0.15) is 4.98 Å². The average Bonchev–Trinajstić information content (AvgIpc) is 3.21. The number of hydrogen-bond acceptors (Lipinski definition) is 5. The van der Waals surface area contributed by atoms with Gasteiger partial charge >= 0.3 is 0 Å². The Balaban J connectivity index is 1.92. The molecule has 0 aliphatic carbocycles. The maximum atomic E-state index is 13.5. The highest BCUT2D eigenvalue weighted by atomic mass is 19.1. The van der Waals surface area contributed by atoms with Crippen molar-refractivity contribution in [2.45, 2.75) is 33.2 Å². The monoisotopic (exact) mass is 488 g/mol. The van der Waals surface area contributed by atoms with Crippen molar-refractivity contribution >= 4 is 28.7 Å². The summed E-state index contributed by atoms with van der Waals surface area (Å²) in [4.78, 5) is 30.4. The van der Waals surface area contributed by atoms with Crippen LogP contribution in [0.5, 0.6) is 0 Å². The second-order valence-electron chi connectivity index (χ2n) is 9.44. The quantitative estimate of drug-likeness (QED) is 0.327. The maximum absolute atomic E-state index is 13.5. The molecule has 2 aromatic carbocycles. The van der Waals surface area contributed by atoms with E-state index < -0.39 is 0 Å². The number of fused-ring (bicyclic) bond motifs is 1. The summed E-state index contributed by atoms with van der Waals surface area (Å²) in [7, 11) is 1.54. The zero-order chi connectivity index (χ0) is 26.0. The first-order valence-electron chi connectivity index (χ1n) is 11.7. The van der Waals surface area contributed by atoms with Gasteiger partial charge in [-0.25, -0.2) is 4.39 Å². The van der Waals surface area contributed by atoms with Crippen LogP contribution in [0, 0.1) is 5.82 Å². The number of benzene rings is 2. The molecule has 0 saturated carbocycles. The minimum absolute atomic E-state index is 0.184. The summed E-state index contributed by atoms with van der Waals surface area (Å²) in [6, 6.07) is 14.8. The third-order valence-electron chi connectivity index (χ3n) is 5.51. The number of nitrogens with zero attached hydrogens (tertiary/aromatic N) is 1. The molecule has 2 heterocycles. The number of carbonyl (C=O) groups is 2. The summed E-state index contributed by atoms with van der Waals surface area (Å²) in [5, 5.41) is 9.39. The van der Waals surface area contributed by atoms with Crippen molar-refractivity contribution in [1.29, 1.82) is 0 Å². The van der Waals surface area contributed by atoms with Gasteiger partial charge in [-0.3, -0.25) is 9.59 Å². The molecule has 8 heteroatoms. The molecule has 4 rings (SSSR count). The van der Waals surface area contributed by atoms with E-state index in [0.29, 0.717) is 45.8 Å². The van der Waals surface area contributed by atoms with Crippen molar-refractivity contribution < 1.29 is 18.4 Å². The molecule has 0 fully saturated rings. The van der Waals surface area contributed by atoms with E-state index in [0.717, 1.165) is 5.56 Å². The van der Waals surface area contributed by atoms with Gasteiger partial charge in [0.1, 0.15) is 17.4 Å². The first kappa shape index (κ1) is 24.9. The summed E-state index contributed by atoms with van der Waals surface area (Å²) >= 11 is 0. The average molecular weight is 489 g/mol. The van der Waals surface area contributed by atoms with Crippen molar-refractivity contribution in [3.63, 3.8) is 0 Å². The molecule has 0 saturated heterocycles. The Kier molecular flexibility index (Phi) is 6.79. The predicted octanol–water partition coefficient (Wildman–Crippen LogP) is 5.62. The molecule has 0 aliphatic rings. The number of anilines is 1. The summed E-state index contributed by atoms with van der Waals surface area (Å²) in [6.45, 7) is 8.32. The minimum Gasteiger partial charge on any atom is -0.437 e. The zero-order valence-electron chi connectivity index (χ0n) is 21.0. The Labute approximate surface area is 209 Å². The van der Waals surface area contributed by atoms with Crippen LogP contribution in [0.1, 0.15) is 48.4 Å². The van der Waals surface area contributed by atoms with Crippen LogP contribution < -0.4 is 16.0 Å². The van der Waals surface area contributed by atoms with Crippen molar-refractivity contribution in [3.05, 3.63) is 71.5 Å². The Morgan fingerprint density at radius 1 is 1.00 bits per heavy atom. The minimum atomic E-state index is -0.387. The van der Waals surface area contributed by atoms with E-state index >= 15 is 0 Å². The molecule has 2 aromatic heterocycles. The fourth-order valence-corrected chi connectivity index (χ4v) is 3.94. The summed E-state index contributed by atoms with van der Waals surface area (Å²) in [5.41, 5.74) is 2.74. The molecule has 7 nitrogen and oxygen atoms in total. The molecule has 3 N–H and O–H groups in total. The first-order valence-corrected chi connectivity index (χ1v) is 11.7. The number of pyridine rings is 1. The zero-order valence-corrected chi connectivity index (χ0v) is 21.0. The van der Waals surface area contributed by atoms with Crippen molar-refractivity contribution in [1.82, 2.24) is 15.6 Å². The van der Waals surface area contributed by atoms with Gasteiger partial charge in [0.05, 0.1) is 10.9 Å². The van der Waals surface area contributed by atoms with Gasteiger partial charge < -0.3 is 20.4 Å². The molecule has 2 amide bonds. The smallest absolute Gasteiger partial charge is 0.255 e. The van der Waals surface area contributed by atoms with Gasteiger partial charge in [0.25, 0.3) is 11.8 Å². The van der Waals surface area contributed by atoms with Gasteiger partial charge in [0.2, 0.25) is 5.71 Å². The van der Waals surface area contributed by atoms with Crippen LogP contribution in [0.4, 0.5) is 10.2 Å². The number of amides is 2. The molecule has 0 bridgehead atoms. The van der Waals surface area contributed by atoms with Crippen LogP contribution in [0.15, 0.2) is 59.0 Å². The summed E-state index contributed by atoms with van der Waals surface area (Å²) in [5.74, 6) is -0.0655. The SMILES string of the molecule is CCNc1nc2oc(-c3ccc(F)cc3)c(C(=O)NC)c2cc1-c1cccc(C(=O)NC(C)(C)C)c1. The molecular weight excluding hydrogens is 459 g/mol. The number of halogens is 1. The van der Waals surface area contributed by atoms with E-state index in [4.69, 9.17) is 4.42 Å². The highest BCUT2D eigenvalue weighted by Crippen LogP contribution is 2.38. The molecule has 0 aliphatic heterocycles. The van der Waals surface area contributed by atoms with E-state index in [-0.39, 0.29) is 28.9 Å². The molecule has 4 aromatic rings. The topological polar surface area (TPSA) is 96.3 Å². The lowest BCUT2D eigenvalue weighted by Gasteiger charge is -2.20. The fraction of sp³-hybridized carbons (Fsp3) is 0.250. The lowest BCUT2D eigenvalue weighted by atomic mass is 9.99. The number of aromatic nitrogens is 1. The molecule has 0 radical (unpaired) electrons.